The van der Waals surface area contributed by atoms with E-state index in [-0.39, 0.29) is 23.5 Å². The molecule has 0 spiro atoms. The Balaban J connectivity index is 1.90. The van der Waals surface area contributed by atoms with E-state index in [0.29, 0.717) is 30.9 Å². The molecule has 7 heteroatoms. The van der Waals surface area contributed by atoms with Crippen LogP contribution in [0.5, 0.6) is 5.75 Å². The normalized spacial score (nSPS) is 17.3. The van der Waals surface area contributed by atoms with Crippen LogP contribution in [0.3, 0.4) is 0 Å². The minimum absolute atomic E-state index is 0.00702. The van der Waals surface area contributed by atoms with E-state index in [1.54, 1.807) is 23.1 Å². The molecule has 0 radical (unpaired) electrons. The minimum atomic E-state index is -3.13. The second-order valence-corrected chi connectivity index (χ2v) is 9.99. The van der Waals surface area contributed by atoms with Gasteiger partial charge in [0.15, 0.2) is 9.84 Å². The molecule has 1 atom stereocenters. The average Bonchev–Trinajstić information content (AvgIpc) is 3.13. The van der Waals surface area contributed by atoms with Crippen molar-refractivity contribution in [2.45, 2.75) is 39.8 Å². The quantitative estimate of drug-likeness (QED) is 0.589. The predicted octanol–water partition coefficient (Wildman–Crippen LogP) is 3.76. The first-order valence-electron chi connectivity index (χ1n) is 11.0. The topological polar surface area (TPSA) is 66.9 Å². The Morgan fingerprint density at radius 3 is 2.29 bits per heavy atom. The first kappa shape index (κ1) is 23.1. The summed E-state index contributed by atoms with van der Waals surface area (Å²) in [4.78, 5) is 17.5. The Bertz CT molecular complexity index is 985. The van der Waals surface area contributed by atoms with Crippen LogP contribution < -0.4 is 9.64 Å². The molecule has 0 N–H and O–H groups in total. The van der Waals surface area contributed by atoms with Gasteiger partial charge in [0.2, 0.25) is 0 Å². The van der Waals surface area contributed by atoms with Gasteiger partial charge in [-0.1, -0.05) is 24.3 Å². The first-order chi connectivity index (χ1) is 14.9. The maximum atomic E-state index is 13.6. The Morgan fingerprint density at radius 1 is 1.03 bits per heavy atom. The number of benzene rings is 2. The van der Waals surface area contributed by atoms with Crippen molar-refractivity contribution < 1.29 is 17.9 Å². The van der Waals surface area contributed by atoms with Gasteiger partial charge < -0.3 is 14.5 Å². The van der Waals surface area contributed by atoms with Crippen LogP contribution in [0.1, 0.15) is 43.1 Å². The molecule has 6 nitrogen and oxygen atoms in total. The number of para-hydroxylation sites is 1. The predicted molar refractivity (Wildman–Crippen MR) is 125 cm³/mol. The molecule has 0 aliphatic carbocycles. The number of carbonyl (C=O) groups is 1. The van der Waals surface area contributed by atoms with Crippen molar-refractivity contribution in [2.24, 2.45) is 0 Å². The molecular weight excluding hydrogens is 412 g/mol. The summed E-state index contributed by atoms with van der Waals surface area (Å²) in [6, 6.07) is 15.0. The molecule has 3 rings (SSSR count). The lowest BCUT2D eigenvalue weighted by molar-refractivity contribution is 0.0676. The van der Waals surface area contributed by atoms with Gasteiger partial charge in [-0.25, -0.2) is 8.42 Å². The zero-order valence-electron chi connectivity index (χ0n) is 18.6. The summed E-state index contributed by atoms with van der Waals surface area (Å²) in [6.45, 7) is 8.78. The lowest BCUT2D eigenvalue weighted by Gasteiger charge is -2.29. The van der Waals surface area contributed by atoms with Gasteiger partial charge in [-0.3, -0.25) is 4.79 Å². The van der Waals surface area contributed by atoms with Gasteiger partial charge >= 0.3 is 0 Å². The maximum Gasteiger partial charge on any atom is 0.258 e. The van der Waals surface area contributed by atoms with Gasteiger partial charge in [-0.05, 0) is 57.0 Å². The first-order valence-corrected chi connectivity index (χ1v) is 12.8. The molecule has 2 aromatic carbocycles. The highest BCUT2D eigenvalue weighted by atomic mass is 32.2. The minimum Gasteiger partial charge on any atom is -0.493 e. The van der Waals surface area contributed by atoms with Crippen molar-refractivity contribution in [1.29, 1.82) is 0 Å². The third-order valence-electron chi connectivity index (χ3n) is 5.75. The van der Waals surface area contributed by atoms with Gasteiger partial charge in [0, 0.05) is 31.4 Å². The smallest absolute Gasteiger partial charge is 0.258 e. The van der Waals surface area contributed by atoms with Crippen LogP contribution in [0.25, 0.3) is 0 Å². The van der Waals surface area contributed by atoms with Crippen LogP contribution in [-0.4, -0.2) is 56.5 Å². The number of nitrogens with zero attached hydrogens (tertiary/aromatic N) is 2. The number of amides is 1. The van der Waals surface area contributed by atoms with Crippen molar-refractivity contribution in [3.63, 3.8) is 0 Å². The second kappa shape index (κ2) is 10.2. The fourth-order valence-electron chi connectivity index (χ4n) is 4.06. The molecule has 1 aliphatic rings. The fourth-order valence-corrected chi connectivity index (χ4v) is 5.80. The number of rotatable bonds is 9. The monoisotopic (exact) mass is 444 g/mol. The van der Waals surface area contributed by atoms with Gasteiger partial charge in [0.1, 0.15) is 5.75 Å². The second-order valence-electron chi connectivity index (χ2n) is 7.76. The number of anilines is 1. The van der Waals surface area contributed by atoms with Crippen LogP contribution in [0.2, 0.25) is 0 Å². The summed E-state index contributed by atoms with van der Waals surface area (Å²) in [6.07, 6.45) is 0.461. The van der Waals surface area contributed by atoms with Crippen molar-refractivity contribution in [3.8, 4) is 5.75 Å². The largest absolute Gasteiger partial charge is 0.493 e. The fraction of sp³-hybridized carbons (Fsp3) is 0.458. The van der Waals surface area contributed by atoms with E-state index in [0.717, 1.165) is 24.3 Å². The highest BCUT2D eigenvalue weighted by Crippen LogP contribution is 2.27. The highest BCUT2D eigenvalue weighted by molar-refractivity contribution is 7.91. The van der Waals surface area contributed by atoms with Crippen molar-refractivity contribution in [2.75, 3.05) is 36.1 Å². The van der Waals surface area contributed by atoms with Crippen LogP contribution in [0.15, 0.2) is 48.5 Å². The molecular formula is C24H32N2O4S. The van der Waals surface area contributed by atoms with E-state index >= 15 is 0 Å². The molecule has 2 aromatic rings. The van der Waals surface area contributed by atoms with Crippen LogP contribution in [0, 0.1) is 0 Å². The molecule has 1 unspecified atom stereocenters. The molecule has 31 heavy (non-hydrogen) atoms. The standard InChI is InChI=1S/C24H32N2O4S/c1-4-25(5-2)20-13-11-19(12-14-20)17-26(21-15-16-31(28,29)18-21)24(27)22-9-7-8-10-23(22)30-6-3/h7-14,21H,4-6,15-18H2,1-3H3. The summed E-state index contributed by atoms with van der Waals surface area (Å²) in [5.74, 6) is 0.458. The van der Waals surface area contributed by atoms with Gasteiger partial charge in [0.05, 0.1) is 23.7 Å². The highest BCUT2D eigenvalue weighted by Gasteiger charge is 2.35. The summed E-state index contributed by atoms with van der Waals surface area (Å²) in [5.41, 5.74) is 2.58. The maximum absolute atomic E-state index is 13.6. The average molecular weight is 445 g/mol. The molecule has 1 fully saturated rings. The Hall–Kier alpha value is -2.54. The third kappa shape index (κ3) is 5.58. The zero-order valence-corrected chi connectivity index (χ0v) is 19.4. The van der Waals surface area contributed by atoms with Crippen molar-refractivity contribution in [3.05, 3.63) is 59.7 Å². The number of hydrogen-bond acceptors (Lipinski definition) is 5. The van der Waals surface area contributed by atoms with E-state index in [1.807, 2.05) is 25.1 Å². The molecule has 168 valence electrons. The van der Waals surface area contributed by atoms with Crippen LogP contribution >= 0.6 is 0 Å². The summed E-state index contributed by atoms with van der Waals surface area (Å²) < 4.78 is 29.9. The van der Waals surface area contributed by atoms with E-state index in [4.69, 9.17) is 4.74 Å². The lowest BCUT2D eigenvalue weighted by Crippen LogP contribution is -2.40. The van der Waals surface area contributed by atoms with Gasteiger partial charge in [0.25, 0.3) is 5.91 Å². The Labute approximate surface area is 185 Å². The zero-order chi connectivity index (χ0) is 22.4. The summed E-state index contributed by atoms with van der Waals surface area (Å²) >= 11 is 0. The third-order valence-corrected chi connectivity index (χ3v) is 7.50. The van der Waals surface area contributed by atoms with Crippen molar-refractivity contribution in [1.82, 2.24) is 4.90 Å². The van der Waals surface area contributed by atoms with E-state index in [2.05, 4.69) is 30.9 Å². The number of carbonyl (C=O) groups excluding carboxylic acids is 1. The van der Waals surface area contributed by atoms with Crippen LogP contribution in [-0.2, 0) is 16.4 Å². The molecule has 0 aromatic heterocycles. The van der Waals surface area contributed by atoms with Gasteiger partial charge in [-0.15, -0.1) is 0 Å². The van der Waals surface area contributed by atoms with Crippen molar-refractivity contribution >= 4 is 21.4 Å². The molecule has 0 bridgehead atoms. The summed E-state index contributed by atoms with van der Waals surface area (Å²) in [7, 11) is -3.13. The number of sulfone groups is 1. The lowest BCUT2D eigenvalue weighted by atomic mass is 10.1. The number of ether oxygens (including phenoxy) is 1. The molecule has 0 saturated carbocycles. The molecule has 1 amide bonds. The van der Waals surface area contributed by atoms with Crippen LogP contribution in [0.4, 0.5) is 5.69 Å². The Kier molecular flexibility index (Phi) is 7.59. The molecule has 1 aliphatic heterocycles. The van der Waals surface area contributed by atoms with E-state index in [1.165, 1.54) is 0 Å². The van der Waals surface area contributed by atoms with E-state index in [9.17, 15) is 13.2 Å². The molecule has 1 saturated heterocycles. The Morgan fingerprint density at radius 2 is 1.71 bits per heavy atom. The SMILES string of the molecule is CCOc1ccccc1C(=O)N(Cc1ccc(N(CC)CC)cc1)C1CCS(=O)(=O)C1. The summed E-state index contributed by atoms with van der Waals surface area (Å²) in [5, 5.41) is 0. The van der Waals surface area contributed by atoms with E-state index < -0.39 is 9.84 Å². The number of hydrogen-bond donors (Lipinski definition) is 0. The molecule has 1 heterocycles. The van der Waals surface area contributed by atoms with Gasteiger partial charge in [-0.2, -0.15) is 0 Å².